The second kappa shape index (κ2) is 15.1. The van der Waals surface area contributed by atoms with E-state index in [1.165, 1.54) is 20.0 Å². The number of halogens is 9. The number of aliphatic carboxylic acids is 1. The van der Waals surface area contributed by atoms with Gasteiger partial charge in [0, 0.05) is 19.0 Å². The number of hydrogen-bond acceptors (Lipinski definition) is 7. The summed E-state index contributed by atoms with van der Waals surface area (Å²) in [7, 11) is 0. The highest BCUT2D eigenvalue weighted by Gasteiger charge is 2.41. The van der Waals surface area contributed by atoms with Crippen LogP contribution in [0.3, 0.4) is 0 Å². The van der Waals surface area contributed by atoms with Gasteiger partial charge in [-0.25, -0.2) is 14.8 Å². The molecule has 0 saturated carbocycles. The van der Waals surface area contributed by atoms with Crippen LogP contribution in [0.25, 0.3) is 0 Å². The molecule has 4 rings (SSSR count). The van der Waals surface area contributed by atoms with Crippen LogP contribution in [0.4, 0.5) is 61.6 Å². The molecule has 0 saturated heterocycles. The molecule has 3 aromatic rings. The lowest BCUT2D eigenvalue weighted by molar-refractivity contribution is -0.149. The summed E-state index contributed by atoms with van der Waals surface area (Å²) in [6.07, 6.45) is -14.3. The lowest BCUT2D eigenvalue weighted by Gasteiger charge is -2.40. The van der Waals surface area contributed by atoms with E-state index in [0.717, 1.165) is 23.1 Å². The van der Waals surface area contributed by atoms with Gasteiger partial charge >= 0.3 is 30.6 Å². The Bertz CT molecular complexity index is 1750. The molecular weight excluding hydrogens is 713 g/mol. The van der Waals surface area contributed by atoms with E-state index >= 15 is 0 Å². The van der Waals surface area contributed by atoms with Gasteiger partial charge in [0.25, 0.3) is 0 Å². The maximum Gasteiger partial charge on any atom is 0.416 e. The van der Waals surface area contributed by atoms with Gasteiger partial charge in [-0.15, -0.1) is 0 Å². The average molecular weight is 750 g/mol. The SMILES string of the molecule is CCCNc1cnc(N[C@H]2C[C@@H](CC)N(C(=O)OCC(C)(C)C(=O)O)c3ccc(C(F)(F)F)cc32)nc1Cc1cc(C(F)(F)F)cc(C(F)(F)F)c1. The summed E-state index contributed by atoms with van der Waals surface area (Å²) in [6.45, 7) is 6.02. The third-order valence-electron chi connectivity index (χ3n) is 8.42. The zero-order chi connectivity index (χ0) is 38.8. The van der Waals surface area contributed by atoms with Gasteiger partial charge in [-0.05, 0) is 80.6 Å². The van der Waals surface area contributed by atoms with Crippen molar-refractivity contribution in [1.29, 1.82) is 0 Å². The molecule has 1 amide bonds. The molecule has 1 aromatic heterocycles. The third kappa shape index (κ3) is 9.36. The zero-order valence-corrected chi connectivity index (χ0v) is 28.4. The highest BCUT2D eigenvalue weighted by molar-refractivity contribution is 5.91. The molecule has 18 heteroatoms. The molecule has 0 unspecified atom stereocenters. The Balaban J connectivity index is 1.76. The van der Waals surface area contributed by atoms with E-state index in [2.05, 4.69) is 20.6 Å². The summed E-state index contributed by atoms with van der Waals surface area (Å²) in [5.41, 5.74) is -5.63. The van der Waals surface area contributed by atoms with Gasteiger partial charge in [-0.3, -0.25) is 9.69 Å². The summed E-state index contributed by atoms with van der Waals surface area (Å²) in [5, 5.41) is 15.4. The summed E-state index contributed by atoms with van der Waals surface area (Å²) >= 11 is 0. The van der Waals surface area contributed by atoms with Crippen LogP contribution in [0.15, 0.2) is 42.6 Å². The van der Waals surface area contributed by atoms with Crippen LogP contribution >= 0.6 is 0 Å². The number of nitrogens with zero attached hydrogens (tertiary/aromatic N) is 3. The fourth-order valence-corrected chi connectivity index (χ4v) is 5.54. The number of anilines is 3. The molecule has 2 atom stereocenters. The number of hydrogen-bond donors (Lipinski definition) is 3. The predicted molar refractivity (Wildman–Crippen MR) is 172 cm³/mol. The Morgan fingerprint density at radius 1 is 0.923 bits per heavy atom. The van der Waals surface area contributed by atoms with Crippen LogP contribution < -0.4 is 15.5 Å². The van der Waals surface area contributed by atoms with Crippen molar-refractivity contribution in [2.24, 2.45) is 5.41 Å². The Labute approximate surface area is 292 Å². The predicted octanol–water partition coefficient (Wildman–Crippen LogP) is 9.33. The Morgan fingerprint density at radius 2 is 1.54 bits per heavy atom. The summed E-state index contributed by atoms with van der Waals surface area (Å²) < 4.78 is 129. The number of benzene rings is 2. The fraction of sp³-hybridized carbons (Fsp3) is 0.471. The molecular formula is C34H36F9N5O4. The van der Waals surface area contributed by atoms with Gasteiger partial charge in [0.05, 0.1) is 51.4 Å². The van der Waals surface area contributed by atoms with Crippen molar-refractivity contribution < 1.29 is 58.9 Å². The number of carbonyl (C=O) groups excluding carboxylic acids is 1. The normalized spacial score (nSPS) is 16.7. The first-order chi connectivity index (χ1) is 24.0. The van der Waals surface area contributed by atoms with Crippen LogP contribution in [-0.4, -0.2) is 46.3 Å². The molecule has 284 valence electrons. The van der Waals surface area contributed by atoms with Crippen LogP contribution in [0.5, 0.6) is 0 Å². The van der Waals surface area contributed by atoms with Crippen molar-refractivity contribution in [3.8, 4) is 0 Å². The smallest absolute Gasteiger partial charge is 0.416 e. The van der Waals surface area contributed by atoms with E-state index in [1.54, 1.807) is 6.92 Å². The molecule has 3 N–H and O–H groups in total. The van der Waals surface area contributed by atoms with E-state index < -0.39 is 77.8 Å². The number of ether oxygens (including phenoxy) is 1. The van der Waals surface area contributed by atoms with Crippen LogP contribution in [0.2, 0.25) is 0 Å². The number of carboxylic acids is 1. The Hall–Kier alpha value is -4.77. The second-order valence-corrected chi connectivity index (χ2v) is 13.0. The van der Waals surface area contributed by atoms with Crippen LogP contribution in [0.1, 0.15) is 86.5 Å². The molecule has 1 aliphatic heterocycles. The van der Waals surface area contributed by atoms with Crippen molar-refractivity contribution >= 4 is 29.4 Å². The minimum atomic E-state index is -5.08. The number of aromatic nitrogens is 2. The number of rotatable bonds is 11. The van der Waals surface area contributed by atoms with Gasteiger partial charge < -0.3 is 20.5 Å². The van der Waals surface area contributed by atoms with Crippen molar-refractivity contribution in [3.05, 3.63) is 76.1 Å². The molecule has 52 heavy (non-hydrogen) atoms. The second-order valence-electron chi connectivity index (χ2n) is 13.0. The lowest BCUT2D eigenvalue weighted by atomic mass is 9.89. The number of carboxylic acid groups (broad SMARTS) is 1. The van der Waals surface area contributed by atoms with Crippen molar-refractivity contribution in [3.63, 3.8) is 0 Å². The van der Waals surface area contributed by atoms with E-state index in [9.17, 15) is 54.2 Å². The zero-order valence-electron chi connectivity index (χ0n) is 28.4. The minimum absolute atomic E-state index is 0.0109. The van der Waals surface area contributed by atoms with E-state index in [-0.39, 0.29) is 53.1 Å². The van der Waals surface area contributed by atoms with Gasteiger partial charge in [-0.1, -0.05) is 13.8 Å². The molecule has 2 heterocycles. The maximum atomic E-state index is 13.9. The van der Waals surface area contributed by atoms with Gasteiger partial charge in [-0.2, -0.15) is 39.5 Å². The van der Waals surface area contributed by atoms with Gasteiger partial charge in [0.2, 0.25) is 5.95 Å². The molecule has 0 spiro atoms. The summed E-state index contributed by atoms with van der Waals surface area (Å²) in [6, 6.07) is 2.23. The monoisotopic (exact) mass is 749 g/mol. The Kier molecular flexibility index (Phi) is 11.6. The van der Waals surface area contributed by atoms with Gasteiger partial charge in [0.1, 0.15) is 6.61 Å². The summed E-state index contributed by atoms with van der Waals surface area (Å²) in [4.78, 5) is 34.7. The van der Waals surface area contributed by atoms with E-state index in [1.807, 2.05) is 6.92 Å². The first-order valence-corrected chi connectivity index (χ1v) is 16.1. The van der Waals surface area contributed by atoms with Crippen LogP contribution in [0, 0.1) is 5.41 Å². The molecule has 0 bridgehead atoms. The number of alkyl halides is 9. The molecule has 2 aromatic carbocycles. The number of nitrogens with one attached hydrogen (secondary N) is 2. The average Bonchev–Trinajstić information content (AvgIpc) is 3.05. The maximum absolute atomic E-state index is 13.9. The first-order valence-electron chi connectivity index (χ1n) is 16.1. The molecule has 9 nitrogen and oxygen atoms in total. The summed E-state index contributed by atoms with van der Waals surface area (Å²) in [5.74, 6) is -1.43. The first kappa shape index (κ1) is 40.0. The Morgan fingerprint density at radius 3 is 2.08 bits per heavy atom. The molecule has 0 fully saturated rings. The quantitative estimate of drug-likeness (QED) is 0.166. The number of amides is 1. The van der Waals surface area contributed by atoms with Crippen molar-refractivity contribution in [2.45, 2.75) is 84.0 Å². The number of fused-ring (bicyclic) bond motifs is 1. The third-order valence-corrected chi connectivity index (χ3v) is 8.42. The highest BCUT2D eigenvalue weighted by Crippen LogP contribution is 2.43. The van der Waals surface area contributed by atoms with Crippen molar-refractivity contribution in [2.75, 3.05) is 28.7 Å². The lowest BCUT2D eigenvalue weighted by Crippen LogP contribution is -2.47. The minimum Gasteiger partial charge on any atom is -0.481 e. The van der Waals surface area contributed by atoms with Crippen LogP contribution in [-0.2, 0) is 34.5 Å². The molecule has 0 aliphatic carbocycles. The standard InChI is InChI=1S/C34H36F9N5O4/c1-5-9-44-26-16-45-29(47-25(26)12-18-10-20(33(38,39)40)13-21(11-18)34(41,42)43)46-24-15-22(6-2)48(30(51)52-17-31(3,4)28(49)50)27-8-7-19(14-23(24)27)32(35,36)37/h7-8,10-11,13-14,16,22,24,44H,5-6,9,12,15,17H2,1-4H3,(H,49,50)(H,45,46,47)/t22-,24+/m1/s1. The van der Waals surface area contributed by atoms with Crippen molar-refractivity contribution in [1.82, 2.24) is 9.97 Å². The molecule has 0 radical (unpaired) electrons. The highest BCUT2D eigenvalue weighted by atomic mass is 19.4. The topological polar surface area (TPSA) is 117 Å². The molecule has 1 aliphatic rings. The van der Waals surface area contributed by atoms with Gasteiger partial charge in [0.15, 0.2) is 0 Å². The fourth-order valence-electron chi connectivity index (χ4n) is 5.54. The van der Waals surface area contributed by atoms with E-state index in [0.29, 0.717) is 25.1 Å². The van der Waals surface area contributed by atoms with E-state index in [4.69, 9.17) is 4.74 Å². The largest absolute Gasteiger partial charge is 0.481 e. The number of carbonyl (C=O) groups is 2.